The molecule has 0 fully saturated rings. The first-order chi connectivity index (χ1) is 8.69. The summed E-state index contributed by atoms with van der Waals surface area (Å²) in [6, 6.07) is 4.29. The Kier molecular flexibility index (Phi) is 3.78. The fourth-order valence-electron chi connectivity index (χ4n) is 2.47. The Hall–Kier alpha value is -1.59. The zero-order valence-electron chi connectivity index (χ0n) is 10.3. The van der Waals surface area contributed by atoms with Crippen molar-refractivity contribution < 1.29 is 13.9 Å². The summed E-state index contributed by atoms with van der Waals surface area (Å²) < 4.78 is 18.0. The van der Waals surface area contributed by atoms with Gasteiger partial charge in [-0.1, -0.05) is 0 Å². The number of hydrogen-bond donors (Lipinski definition) is 2. The first-order valence-corrected chi connectivity index (χ1v) is 5.79. The normalized spacial score (nSPS) is 17.7. The summed E-state index contributed by atoms with van der Waals surface area (Å²) in [4.78, 5) is 14.8. The van der Waals surface area contributed by atoms with E-state index in [1.54, 1.807) is 6.07 Å². The van der Waals surface area contributed by atoms with Crippen LogP contribution in [0.25, 0.3) is 10.9 Å². The third kappa shape index (κ3) is 2.31. The molecule has 4 nitrogen and oxygen atoms in total. The highest BCUT2D eigenvalue weighted by Crippen LogP contribution is 2.27. The quantitative estimate of drug-likeness (QED) is 0.787. The van der Waals surface area contributed by atoms with Crippen LogP contribution in [0.3, 0.4) is 0 Å². The second kappa shape index (κ2) is 5.19. The molecule has 102 valence electrons. The van der Waals surface area contributed by atoms with E-state index in [0.29, 0.717) is 13.0 Å². The lowest BCUT2D eigenvalue weighted by Crippen LogP contribution is -2.42. The van der Waals surface area contributed by atoms with Crippen LogP contribution in [0.15, 0.2) is 18.2 Å². The lowest BCUT2D eigenvalue weighted by Gasteiger charge is -2.21. The van der Waals surface area contributed by atoms with Gasteiger partial charge in [-0.3, -0.25) is 10.1 Å². The lowest BCUT2D eigenvalue weighted by atomic mass is 9.98. The van der Waals surface area contributed by atoms with Crippen molar-refractivity contribution in [3.63, 3.8) is 0 Å². The summed E-state index contributed by atoms with van der Waals surface area (Å²) >= 11 is 0. The summed E-state index contributed by atoms with van der Waals surface area (Å²) in [5.41, 5.74) is 2.91. The van der Waals surface area contributed by atoms with Crippen LogP contribution in [0.2, 0.25) is 0 Å². The van der Waals surface area contributed by atoms with Crippen LogP contribution in [-0.4, -0.2) is 24.1 Å². The van der Waals surface area contributed by atoms with Crippen molar-refractivity contribution in [3.05, 3.63) is 35.3 Å². The largest absolute Gasteiger partial charge is 0.468 e. The molecule has 6 heteroatoms. The zero-order chi connectivity index (χ0) is 12.7. The predicted octanol–water partition coefficient (Wildman–Crippen LogP) is 1.92. The van der Waals surface area contributed by atoms with E-state index < -0.39 is 0 Å². The van der Waals surface area contributed by atoms with Gasteiger partial charge in [0.1, 0.15) is 11.9 Å². The van der Waals surface area contributed by atoms with Crippen LogP contribution in [-0.2, 0) is 22.5 Å². The van der Waals surface area contributed by atoms with Crippen LogP contribution < -0.4 is 5.32 Å². The van der Waals surface area contributed by atoms with Gasteiger partial charge < -0.3 is 9.72 Å². The van der Waals surface area contributed by atoms with Gasteiger partial charge in [0.2, 0.25) is 0 Å². The molecule has 0 amide bonds. The molecule has 2 N–H and O–H groups in total. The fourth-order valence-corrected chi connectivity index (χ4v) is 2.47. The number of rotatable bonds is 1. The summed E-state index contributed by atoms with van der Waals surface area (Å²) in [7, 11) is 1.37. The Labute approximate surface area is 115 Å². The number of carbonyl (C=O) groups is 1. The predicted molar refractivity (Wildman–Crippen MR) is 71.9 cm³/mol. The Balaban J connectivity index is 0.00000133. The molecule has 2 heterocycles. The third-order valence-electron chi connectivity index (χ3n) is 3.38. The highest BCUT2D eigenvalue weighted by Gasteiger charge is 2.27. The van der Waals surface area contributed by atoms with E-state index in [-0.39, 0.29) is 30.2 Å². The Bertz CT molecular complexity index is 626. The molecule has 1 aliphatic rings. The van der Waals surface area contributed by atoms with Crippen molar-refractivity contribution in [2.45, 2.75) is 19.0 Å². The van der Waals surface area contributed by atoms with Crippen LogP contribution >= 0.6 is 12.4 Å². The number of nitrogens with one attached hydrogen (secondary N) is 2. The molecule has 0 aliphatic carbocycles. The number of methoxy groups -OCH3 is 1. The maximum Gasteiger partial charge on any atom is 0.323 e. The number of carbonyl (C=O) groups excluding carboxylic acids is 1. The van der Waals surface area contributed by atoms with Gasteiger partial charge in [-0.15, -0.1) is 12.4 Å². The van der Waals surface area contributed by atoms with Gasteiger partial charge in [-0.05, 0) is 23.8 Å². The molecule has 0 bridgehead atoms. The molecule has 0 spiro atoms. The molecule has 1 atom stereocenters. The Morgan fingerprint density at radius 3 is 3.00 bits per heavy atom. The second-order valence-corrected chi connectivity index (χ2v) is 4.43. The molecule has 19 heavy (non-hydrogen) atoms. The van der Waals surface area contributed by atoms with Gasteiger partial charge in [0.25, 0.3) is 0 Å². The fraction of sp³-hybridized carbons (Fsp3) is 0.308. The molecule has 0 unspecified atom stereocenters. The molecule has 2 aromatic rings. The minimum Gasteiger partial charge on any atom is -0.468 e. The van der Waals surface area contributed by atoms with Gasteiger partial charge in [-0.2, -0.15) is 0 Å². The molecular weight excluding hydrogens is 271 g/mol. The van der Waals surface area contributed by atoms with Crippen LogP contribution in [0.4, 0.5) is 4.39 Å². The van der Waals surface area contributed by atoms with E-state index in [1.165, 1.54) is 19.2 Å². The number of esters is 1. The number of aromatic nitrogens is 1. The van der Waals surface area contributed by atoms with Crippen molar-refractivity contribution in [1.29, 1.82) is 0 Å². The topological polar surface area (TPSA) is 54.1 Å². The monoisotopic (exact) mass is 284 g/mol. The number of H-pyrrole nitrogens is 1. The highest BCUT2D eigenvalue weighted by molar-refractivity contribution is 5.86. The third-order valence-corrected chi connectivity index (χ3v) is 3.38. The molecule has 0 saturated heterocycles. The maximum absolute atomic E-state index is 13.3. The van der Waals surface area contributed by atoms with Crippen LogP contribution in [0.1, 0.15) is 11.3 Å². The van der Waals surface area contributed by atoms with Crippen molar-refractivity contribution in [2.75, 3.05) is 7.11 Å². The number of aromatic amines is 1. The molecule has 1 aromatic heterocycles. The smallest absolute Gasteiger partial charge is 0.323 e. The van der Waals surface area contributed by atoms with Crippen LogP contribution in [0, 0.1) is 5.82 Å². The average molecular weight is 285 g/mol. The highest BCUT2D eigenvalue weighted by atomic mass is 35.5. The number of fused-ring (bicyclic) bond motifs is 3. The Morgan fingerprint density at radius 2 is 2.26 bits per heavy atom. The van der Waals surface area contributed by atoms with E-state index in [1.807, 2.05) is 0 Å². The molecule has 3 rings (SSSR count). The summed E-state index contributed by atoms with van der Waals surface area (Å²) in [6.07, 6.45) is 0.519. The summed E-state index contributed by atoms with van der Waals surface area (Å²) in [5.74, 6) is -0.552. The van der Waals surface area contributed by atoms with E-state index in [0.717, 1.165) is 22.2 Å². The van der Waals surface area contributed by atoms with Crippen molar-refractivity contribution in [1.82, 2.24) is 10.3 Å². The van der Waals surface area contributed by atoms with E-state index in [2.05, 4.69) is 10.3 Å². The van der Waals surface area contributed by atoms with E-state index in [9.17, 15) is 9.18 Å². The first kappa shape index (κ1) is 13.8. The van der Waals surface area contributed by atoms with Crippen molar-refractivity contribution in [2.24, 2.45) is 0 Å². The number of hydrogen-bond acceptors (Lipinski definition) is 3. The van der Waals surface area contributed by atoms with Gasteiger partial charge in [0.15, 0.2) is 0 Å². The standard InChI is InChI=1S/C13H13FN2O2.ClH/c1-18-13(17)11-5-9-8-4-7(14)2-3-10(8)16-12(9)6-15-11;/h2-4,11,15-16H,5-6H2,1H3;1H/t11-;/m0./s1. The van der Waals surface area contributed by atoms with Gasteiger partial charge in [0, 0.05) is 29.6 Å². The SMILES string of the molecule is COC(=O)[C@@H]1Cc2c([nH]c3ccc(F)cc23)CN1.Cl. The van der Waals surface area contributed by atoms with E-state index >= 15 is 0 Å². The zero-order valence-corrected chi connectivity index (χ0v) is 11.1. The maximum atomic E-state index is 13.3. The second-order valence-electron chi connectivity index (χ2n) is 4.43. The van der Waals surface area contributed by atoms with Crippen molar-refractivity contribution >= 4 is 29.3 Å². The molecule has 1 aliphatic heterocycles. The Morgan fingerprint density at radius 1 is 1.47 bits per heavy atom. The number of benzene rings is 1. The molecule has 1 aromatic carbocycles. The van der Waals surface area contributed by atoms with E-state index in [4.69, 9.17) is 4.74 Å². The lowest BCUT2D eigenvalue weighted by molar-refractivity contribution is -0.143. The molecular formula is C13H14ClFN2O2. The first-order valence-electron chi connectivity index (χ1n) is 5.79. The molecule has 0 radical (unpaired) electrons. The number of ether oxygens (including phenoxy) is 1. The van der Waals surface area contributed by atoms with Gasteiger partial charge >= 0.3 is 5.97 Å². The van der Waals surface area contributed by atoms with Gasteiger partial charge in [0.05, 0.1) is 7.11 Å². The summed E-state index contributed by atoms with van der Waals surface area (Å²) in [6.45, 7) is 0.561. The van der Waals surface area contributed by atoms with Crippen LogP contribution in [0.5, 0.6) is 0 Å². The average Bonchev–Trinajstić information content (AvgIpc) is 2.75. The van der Waals surface area contributed by atoms with Crippen molar-refractivity contribution in [3.8, 4) is 0 Å². The minimum atomic E-state index is -0.357. The van der Waals surface area contributed by atoms with Gasteiger partial charge in [-0.25, -0.2) is 4.39 Å². The summed E-state index contributed by atoms with van der Waals surface area (Å²) in [5, 5.41) is 3.95. The minimum absolute atomic E-state index is 0. The molecule has 0 saturated carbocycles. The number of halogens is 2.